The van der Waals surface area contributed by atoms with Gasteiger partial charge in [-0.05, 0) is 57.2 Å². The Labute approximate surface area is 183 Å². The molecule has 10 heteroatoms. The zero-order valence-electron chi connectivity index (χ0n) is 17.0. The van der Waals surface area contributed by atoms with E-state index in [4.69, 9.17) is 0 Å². The van der Waals surface area contributed by atoms with Gasteiger partial charge in [0.2, 0.25) is 28.4 Å². The second-order valence-electron chi connectivity index (χ2n) is 7.09. The Morgan fingerprint density at radius 1 is 0.419 bits per heavy atom. The fraction of sp³-hybridized carbons (Fsp3) is 0.143. The van der Waals surface area contributed by atoms with Crippen LogP contribution in [0.25, 0.3) is 0 Å². The molecule has 0 aliphatic heterocycles. The Hall–Kier alpha value is -2.06. The zero-order chi connectivity index (χ0) is 23.0. The molecule has 31 heavy (non-hydrogen) atoms. The van der Waals surface area contributed by atoms with Crippen LogP contribution in [0.1, 0.15) is 16.7 Å². The lowest BCUT2D eigenvalue weighted by Gasteiger charge is -2.19. The molecule has 3 aromatic carbocycles. The largest absolute Gasteiger partial charge is 0.279 e. The van der Waals surface area contributed by atoms with E-state index in [0.717, 1.165) is 16.7 Å². The second-order valence-corrected chi connectivity index (χ2v) is 21.5. The van der Waals surface area contributed by atoms with Crippen molar-refractivity contribution < 1.29 is 25.3 Å². The average molecular weight is 497 g/mol. The molecule has 0 atom stereocenters. The Kier molecular flexibility index (Phi) is 6.45. The minimum atomic E-state index is -4.76. The number of rotatable bonds is 6. The maximum Gasteiger partial charge on any atom is 0.279 e. The van der Waals surface area contributed by atoms with Crippen molar-refractivity contribution in [1.29, 1.82) is 0 Å². The third-order valence-electron chi connectivity index (χ3n) is 4.55. The van der Waals surface area contributed by atoms with Crippen LogP contribution in [0.5, 0.6) is 0 Å². The van der Waals surface area contributed by atoms with Crippen LogP contribution in [0.2, 0.25) is 0 Å². The van der Waals surface area contributed by atoms with Crippen molar-refractivity contribution in [3.8, 4) is 0 Å². The third kappa shape index (κ3) is 4.60. The first-order chi connectivity index (χ1) is 14.4. The monoisotopic (exact) mass is 496 g/mol. The van der Waals surface area contributed by atoms with Crippen LogP contribution >= 0.6 is 5.53 Å². The van der Waals surface area contributed by atoms with Crippen molar-refractivity contribution in [2.24, 2.45) is 0 Å². The van der Waals surface area contributed by atoms with Crippen molar-refractivity contribution in [3.05, 3.63) is 89.5 Å². The lowest BCUT2D eigenvalue weighted by molar-refractivity contribution is 0.605. The van der Waals surface area contributed by atoms with Gasteiger partial charge < -0.3 is 0 Å². The Morgan fingerprint density at radius 2 is 0.613 bits per heavy atom. The quantitative estimate of drug-likeness (QED) is 0.464. The molecule has 0 saturated carbocycles. The van der Waals surface area contributed by atoms with Gasteiger partial charge in [-0.15, -0.1) is 0 Å². The van der Waals surface area contributed by atoms with Gasteiger partial charge in [0.05, 0.1) is 14.7 Å². The predicted molar refractivity (Wildman–Crippen MR) is 122 cm³/mol. The smallest absolute Gasteiger partial charge is 0.217 e. The van der Waals surface area contributed by atoms with E-state index < -0.39 is 33.9 Å². The van der Waals surface area contributed by atoms with E-state index in [-0.39, 0.29) is 14.7 Å². The molecule has 3 aromatic rings. The standard InChI is InChI=1S/C21H21O6PS3/c1-16-4-10-19(11-5-16)29(22,23)28(30(24,25)20-12-6-17(2)7-13-20)31(26,27)21-14-8-18(3)9-15-21/h4-15H,1-3H3. The fourth-order valence-electron chi connectivity index (χ4n) is 2.78. The van der Waals surface area contributed by atoms with Crippen LogP contribution in [0.15, 0.2) is 87.5 Å². The number of aryl methyl sites for hydroxylation is 3. The SMILES string of the molecule is Cc1ccc(S(=O)(=O)P(S(=O)(=O)c2ccc(C)cc2)S(=O)(=O)c2ccc(C)cc2)cc1. The summed E-state index contributed by atoms with van der Waals surface area (Å²) in [6.07, 6.45) is 0. The highest BCUT2D eigenvalue weighted by atomic mass is 33.4. The second kappa shape index (κ2) is 8.47. The zero-order valence-corrected chi connectivity index (χ0v) is 20.4. The topological polar surface area (TPSA) is 102 Å². The maximum absolute atomic E-state index is 13.5. The van der Waals surface area contributed by atoms with Gasteiger partial charge in [0.25, 0.3) is 5.53 Å². The summed E-state index contributed by atoms with van der Waals surface area (Å²) in [5.41, 5.74) is -1.36. The van der Waals surface area contributed by atoms with E-state index >= 15 is 0 Å². The molecule has 0 fully saturated rings. The summed E-state index contributed by atoms with van der Waals surface area (Å²) in [7, 11) is -14.3. The van der Waals surface area contributed by atoms with Crippen LogP contribution in [0.3, 0.4) is 0 Å². The summed E-state index contributed by atoms with van der Waals surface area (Å²) < 4.78 is 80.9. The van der Waals surface area contributed by atoms with Gasteiger partial charge in [0.15, 0.2) is 0 Å². The lowest BCUT2D eigenvalue weighted by atomic mass is 10.2. The molecule has 0 N–H and O–H groups in total. The molecule has 6 nitrogen and oxygen atoms in total. The van der Waals surface area contributed by atoms with Crippen LogP contribution in [-0.4, -0.2) is 25.3 Å². The molecule has 0 amide bonds. The first kappa shape index (κ1) is 23.6. The summed E-state index contributed by atoms with van der Waals surface area (Å²) >= 11 is 0. The van der Waals surface area contributed by atoms with Crippen LogP contribution < -0.4 is 0 Å². The first-order valence-electron chi connectivity index (χ1n) is 9.12. The summed E-state index contributed by atoms with van der Waals surface area (Å²) in [4.78, 5) is -1.05. The summed E-state index contributed by atoms with van der Waals surface area (Å²) in [5.74, 6) is 0. The first-order valence-corrected chi connectivity index (χ1v) is 16.7. The van der Waals surface area contributed by atoms with Crippen molar-refractivity contribution in [2.75, 3.05) is 0 Å². The normalized spacial score (nSPS) is 12.8. The van der Waals surface area contributed by atoms with Gasteiger partial charge in [0.1, 0.15) is 0 Å². The van der Waals surface area contributed by atoms with Crippen molar-refractivity contribution in [1.82, 2.24) is 0 Å². The fourth-order valence-corrected chi connectivity index (χ4v) is 22.1. The Balaban J connectivity index is 2.32. The highest BCUT2D eigenvalue weighted by molar-refractivity contribution is 9.06. The molecule has 0 bridgehead atoms. The predicted octanol–water partition coefficient (Wildman–Crippen LogP) is 4.56. The molecule has 0 saturated heterocycles. The number of benzene rings is 3. The summed E-state index contributed by atoms with van der Waals surface area (Å²) in [5, 5.41) is 0. The van der Waals surface area contributed by atoms with Gasteiger partial charge in [-0.2, -0.15) is 0 Å². The third-order valence-corrected chi connectivity index (χ3v) is 24.4. The molecule has 0 aromatic heterocycles. The number of hydrogen-bond acceptors (Lipinski definition) is 6. The van der Waals surface area contributed by atoms with Crippen LogP contribution in [0, 0.1) is 20.8 Å². The van der Waals surface area contributed by atoms with Gasteiger partial charge in [0, 0.05) is 0 Å². The minimum Gasteiger partial charge on any atom is -0.217 e. The highest BCUT2D eigenvalue weighted by Gasteiger charge is 2.51. The van der Waals surface area contributed by atoms with Gasteiger partial charge in [-0.1, -0.05) is 53.1 Å². The van der Waals surface area contributed by atoms with E-state index in [0.29, 0.717) is 0 Å². The van der Waals surface area contributed by atoms with Crippen molar-refractivity contribution in [2.45, 2.75) is 35.5 Å². The molecule has 0 unspecified atom stereocenters. The minimum absolute atomic E-state index is 0.351. The molecular formula is C21H21O6PS3. The Bertz CT molecular complexity index is 1230. The molecule has 0 radical (unpaired) electrons. The van der Waals surface area contributed by atoms with E-state index in [9.17, 15) is 25.3 Å². The lowest BCUT2D eigenvalue weighted by Crippen LogP contribution is -2.15. The van der Waals surface area contributed by atoms with Crippen LogP contribution in [-0.2, 0) is 28.4 Å². The Morgan fingerprint density at radius 3 is 0.806 bits per heavy atom. The molecule has 0 spiro atoms. The van der Waals surface area contributed by atoms with E-state index in [1.807, 2.05) is 0 Å². The van der Waals surface area contributed by atoms with Crippen LogP contribution in [0.4, 0.5) is 0 Å². The molecule has 0 aliphatic carbocycles. The molecular weight excluding hydrogens is 475 g/mol. The highest BCUT2D eigenvalue weighted by Crippen LogP contribution is 2.62. The van der Waals surface area contributed by atoms with E-state index in [2.05, 4.69) is 0 Å². The van der Waals surface area contributed by atoms with Crippen molar-refractivity contribution in [3.63, 3.8) is 0 Å². The van der Waals surface area contributed by atoms with E-state index in [1.54, 1.807) is 20.8 Å². The molecule has 0 aliphatic rings. The molecule has 3 rings (SSSR count). The number of hydrogen-bond donors (Lipinski definition) is 0. The van der Waals surface area contributed by atoms with Gasteiger partial charge >= 0.3 is 0 Å². The van der Waals surface area contributed by atoms with Gasteiger partial charge in [-0.25, -0.2) is 25.3 Å². The summed E-state index contributed by atoms with van der Waals surface area (Å²) in [6.45, 7) is 5.22. The molecule has 0 heterocycles. The average Bonchev–Trinajstić information content (AvgIpc) is 2.68. The van der Waals surface area contributed by atoms with E-state index in [1.165, 1.54) is 72.8 Å². The van der Waals surface area contributed by atoms with Crippen molar-refractivity contribution >= 4 is 33.9 Å². The molecule has 164 valence electrons. The maximum atomic E-state index is 13.5. The van der Waals surface area contributed by atoms with Gasteiger partial charge in [-0.3, -0.25) is 0 Å². The summed E-state index contributed by atoms with van der Waals surface area (Å²) in [6, 6.07) is 16.4.